The van der Waals surface area contributed by atoms with Gasteiger partial charge < -0.3 is 15.1 Å². The van der Waals surface area contributed by atoms with Gasteiger partial charge in [-0.05, 0) is 49.7 Å². The number of rotatable bonds is 2. The van der Waals surface area contributed by atoms with Gasteiger partial charge in [-0.15, -0.1) is 0 Å². The monoisotopic (exact) mass is 411 g/mol. The average molecular weight is 412 g/mol. The highest BCUT2D eigenvalue weighted by Crippen LogP contribution is 2.34. The van der Waals surface area contributed by atoms with Gasteiger partial charge in [-0.3, -0.25) is 0 Å². The molecule has 0 saturated carbocycles. The minimum absolute atomic E-state index is 0.0461. The molecule has 8 heteroatoms. The van der Waals surface area contributed by atoms with Crippen LogP contribution in [-0.2, 0) is 6.18 Å². The minimum Gasteiger partial charge on any atom is -0.365 e. The standard InChI is InChI=1S/C20H21ClF3N3O/c1-13-4-3-5-16(10-13)27-9-8-26(12-14(27)2)19(28)25-18-11-15(20(22,23)24)6-7-17(18)21/h3-7,10-11,14H,8-9,12H2,1-2H3,(H,25,28)/t14-/m1/s1. The number of amides is 2. The highest BCUT2D eigenvalue weighted by Gasteiger charge is 2.32. The summed E-state index contributed by atoms with van der Waals surface area (Å²) in [6, 6.07) is 10.6. The number of hydrogen-bond donors (Lipinski definition) is 1. The van der Waals surface area contributed by atoms with Crippen LogP contribution >= 0.6 is 11.6 Å². The van der Waals surface area contributed by atoms with Crippen LogP contribution < -0.4 is 10.2 Å². The third-order valence-electron chi connectivity index (χ3n) is 4.78. The van der Waals surface area contributed by atoms with Gasteiger partial charge in [0.25, 0.3) is 0 Å². The Morgan fingerprint density at radius 1 is 1.18 bits per heavy atom. The highest BCUT2D eigenvalue weighted by molar-refractivity contribution is 6.33. The van der Waals surface area contributed by atoms with Crippen LogP contribution in [0.5, 0.6) is 0 Å². The maximum atomic E-state index is 12.9. The summed E-state index contributed by atoms with van der Waals surface area (Å²) in [6.45, 7) is 5.58. The minimum atomic E-state index is -4.50. The van der Waals surface area contributed by atoms with Gasteiger partial charge in [-0.2, -0.15) is 13.2 Å². The van der Waals surface area contributed by atoms with Gasteiger partial charge in [0.05, 0.1) is 16.3 Å². The van der Waals surface area contributed by atoms with Crippen LogP contribution in [0.1, 0.15) is 18.1 Å². The Bertz CT molecular complexity index is 872. The summed E-state index contributed by atoms with van der Waals surface area (Å²) in [5, 5.41) is 2.58. The van der Waals surface area contributed by atoms with Crippen molar-refractivity contribution in [1.82, 2.24) is 4.90 Å². The number of aryl methyl sites for hydroxylation is 1. The molecule has 1 saturated heterocycles. The Balaban J connectivity index is 1.68. The zero-order valence-electron chi connectivity index (χ0n) is 15.6. The summed E-state index contributed by atoms with van der Waals surface area (Å²) in [5.41, 5.74) is 1.35. The molecular formula is C20H21ClF3N3O. The van der Waals surface area contributed by atoms with E-state index >= 15 is 0 Å². The van der Waals surface area contributed by atoms with E-state index in [1.165, 1.54) is 0 Å². The van der Waals surface area contributed by atoms with Crippen molar-refractivity contribution in [3.05, 3.63) is 58.6 Å². The maximum Gasteiger partial charge on any atom is 0.416 e. The number of nitrogens with zero attached hydrogens (tertiary/aromatic N) is 2. The first kappa shape index (κ1) is 20.3. The number of benzene rings is 2. The largest absolute Gasteiger partial charge is 0.416 e. The normalized spacial score (nSPS) is 17.6. The number of nitrogens with one attached hydrogen (secondary N) is 1. The molecule has 1 N–H and O–H groups in total. The third kappa shape index (κ3) is 4.52. The van der Waals surface area contributed by atoms with E-state index in [1.54, 1.807) is 4.90 Å². The van der Waals surface area contributed by atoms with Gasteiger partial charge in [0.2, 0.25) is 0 Å². The molecule has 0 spiro atoms. The Hall–Kier alpha value is -2.41. The molecule has 28 heavy (non-hydrogen) atoms. The molecular weight excluding hydrogens is 391 g/mol. The summed E-state index contributed by atoms with van der Waals surface area (Å²) in [6.07, 6.45) is -4.50. The summed E-state index contributed by atoms with van der Waals surface area (Å²) in [5.74, 6) is 0. The second kappa shape index (κ2) is 7.91. The topological polar surface area (TPSA) is 35.6 Å². The van der Waals surface area contributed by atoms with Crippen LogP contribution in [0.4, 0.5) is 29.3 Å². The lowest BCUT2D eigenvalue weighted by molar-refractivity contribution is -0.137. The lowest BCUT2D eigenvalue weighted by atomic mass is 10.1. The predicted octanol–water partition coefficient (Wildman–Crippen LogP) is 5.41. The van der Waals surface area contributed by atoms with Crippen molar-refractivity contribution in [2.45, 2.75) is 26.1 Å². The van der Waals surface area contributed by atoms with Crippen LogP contribution in [0, 0.1) is 6.92 Å². The van der Waals surface area contributed by atoms with Gasteiger partial charge in [0.15, 0.2) is 0 Å². The van der Waals surface area contributed by atoms with Crippen LogP contribution in [0.3, 0.4) is 0 Å². The smallest absolute Gasteiger partial charge is 0.365 e. The zero-order valence-corrected chi connectivity index (χ0v) is 16.3. The molecule has 2 aromatic rings. The van der Waals surface area contributed by atoms with Crippen molar-refractivity contribution < 1.29 is 18.0 Å². The first-order chi connectivity index (χ1) is 13.1. The number of halogens is 4. The number of anilines is 2. The molecule has 0 aliphatic carbocycles. The summed E-state index contributed by atoms with van der Waals surface area (Å²) >= 11 is 5.97. The van der Waals surface area contributed by atoms with Gasteiger partial charge in [-0.25, -0.2) is 4.79 Å². The molecule has 0 bridgehead atoms. The van der Waals surface area contributed by atoms with Crippen LogP contribution in [0.2, 0.25) is 5.02 Å². The number of carbonyl (C=O) groups is 1. The number of hydrogen-bond acceptors (Lipinski definition) is 2. The quantitative estimate of drug-likeness (QED) is 0.717. The maximum absolute atomic E-state index is 12.9. The van der Waals surface area contributed by atoms with E-state index in [2.05, 4.69) is 16.3 Å². The lowest BCUT2D eigenvalue weighted by Crippen LogP contribution is -2.54. The molecule has 1 heterocycles. The van der Waals surface area contributed by atoms with Gasteiger partial charge >= 0.3 is 12.2 Å². The predicted molar refractivity (Wildman–Crippen MR) is 105 cm³/mol. The number of piperazine rings is 1. The van der Waals surface area contributed by atoms with Gasteiger partial charge in [0, 0.05) is 31.4 Å². The molecule has 2 amide bonds. The van der Waals surface area contributed by atoms with Crippen LogP contribution in [-0.4, -0.2) is 36.6 Å². The Kier molecular flexibility index (Phi) is 5.74. The second-order valence-corrected chi connectivity index (χ2v) is 7.36. The number of carbonyl (C=O) groups excluding carboxylic acids is 1. The van der Waals surface area contributed by atoms with Crippen LogP contribution in [0.25, 0.3) is 0 Å². The Morgan fingerprint density at radius 2 is 1.93 bits per heavy atom. The van der Waals surface area contributed by atoms with Crippen molar-refractivity contribution in [3.63, 3.8) is 0 Å². The lowest BCUT2D eigenvalue weighted by Gasteiger charge is -2.41. The fourth-order valence-electron chi connectivity index (χ4n) is 3.32. The number of alkyl halides is 3. The van der Waals surface area contributed by atoms with E-state index in [-0.39, 0.29) is 16.8 Å². The zero-order chi connectivity index (χ0) is 20.5. The van der Waals surface area contributed by atoms with E-state index < -0.39 is 17.8 Å². The van der Waals surface area contributed by atoms with Crippen molar-refractivity contribution in [2.24, 2.45) is 0 Å². The molecule has 0 radical (unpaired) electrons. The van der Waals surface area contributed by atoms with Crippen molar-refractivity contribution >= 4 is 29.0 Å². The van der Waals surface area contributed by atoms with E-state index in [9.17, 15) is 18.0 Å². The fourth-order valence-corrected chi connectivity index (χ4v) is 3.49. The van der Waals surface area contributed by atoms with E-state index in [4.69, 9.17) is 11.6 Å². The highest BCUT2D eigenvalue weighted by atomic mass is 35.5. The molecule has 1 aliphatic rings. The van der Waals surface area contributed by atoms with Gasteiger partial charge in [0.1, 0.15) is 0 Å². The van der Waals surface area contributed by atoms with Gasteiger partial charge in [-0.1, -0.05) is 23.7 Å². The van der Waals surface area contributed by atoms with Crippen molar-refractivity contribution in [3.8, 4) is 0 Å². The van der Waals surface area contributed by atoms with E-state index in [0.29, 0.717) is 19.6 Å². The molecule has 0 aromatic heterocycles. The first-order valence-corrected chi connectivity index (χ1v) is 9.29. The van der Waals surface area contributed by atoms with E-state index in [1.807, 2.05) is 32.0 Å². The molecule has 1 atom stereocenters. The van der Waals surface area contributed by atoms with Crippen molar-refractivity contribution in [2.75, 3.05) is 29.9 Å². The van der Waals surface area contributed by atoms with Crippen LogP contribution in [0.15, 0.2) is 42.5 Å². The summed E-state index contributed by atoms with van der Waals surface area (Å²) in [4.78, 5) is 16.4. The summed E-state index contributed by atoms with van der Waals surface area (Å²) < 4.78 is 38.7. The molecule has 2 aromatic carbocycles. The average Bonchev–Trinajstić information content (AvgIpc) is 2.62. The molecule has 4 nitrogen and oxygen atoms in total. The molecule has 150 valence electrons. The Labute approximate surface area is 166 Å². The Morgan fingerprint density at radius 3 is 2.57 bits per heavy atom. The molecule has 1 fully saturated rings. The first-order valence-electron chi connectivity index (χ1n) is 8.91. The third-order valence-corrected chi connectivity index (χ3v) is 5.11. The summed E-state index contributed by atoms with van der Waals surface area (Å²) in [7, 11) is 0. The second-order valence-electron chi connectivity index (χ2n) is 6.95. The molecule has 0 unspecified atom stereocenters. The molecule has 1 aliphatic heterocycles. The SMILES string of the molecule is Cc1cccc(N2CCN(C(=O)Nc3cc(C(F)(F)F)ccc3Cl)C[C@H]2C)c1. The van der Waals surface area contributed by atoms with E-state index in [0.717, 1.165) is 29.4 Å². The van der Waals surface area contributed by atoms with Crippen molar-refractivity contribution in [1.29, 1.82) is 0 Å². The molecule has 3 rings (SSSR count). The number of urea groups is 1. The fraction of sp³-hybridized carbons (Fsp3) is 0.350.